The molecule has 1 rings (SSSR count). The fourth-order valence-electron chi connectivity index (χ4n) is 2.20. The van der Waals surface area contributed by atoms with E-state index in [2.05, 4.69) is 6.92 Å². The van der Waals surface area contributed by atoms with Gasteiger partial charge in [0.05, 0.1) is 6.10 Å². The maximum atomic E-state index is 11.5. The van der Waals surface area contributed by atoms with E-state index in [0.29, 0.717) is 12.0 Å². The summed E-state index contributed by atoms with van der Waals surface area (Å²) in [5.74, 6) is 0.160. The van der Waals surface area contributed by atoms with E-state index in [4.69, 9.17) is 0 Å². The standard InChI is InChI=1S/C14H24O2/c1-2-3-4-5-6-10-13(15)12-9-7-8-11-14(12)16/h9,13,15H,2-8,10-11H2,1H3. The van der Waals surface area contributed by atoms with Gasteiger partial charge < -0.3 is 5.11 Å². The van der Waals surface area contributed by atoms with Crippen molar-refractivity contribution in [3.05, 3.63) is 11.6 Å². The Morgan fingerprint density at radius 3 is 2.75 bits per heavy atom. The van der Waals surface area contributed by atoms with Crippen molar-refractivity contribution in [1.82, 2.24) is 0 Å². The maximum absolute atomic E-state index is 11.5. The minimum atomic E-state index is -0.505. The van der Waals surface area contributed by atoms with Crippen molar-refractivity contribution >= 4 is 5.78 Å². The van der Waals surface area contributed by atoms with Crippen LogP contribution in [0.3, 0.4) is 0 Å². The van der Waals surface area contributed by atoms with Crippen molar-refractivity contribution in [3.8, 4) is 0 Å². The molecule has 1 unspecified atom stereocenters. The number of rotatable bonds is 7. The number of hydrogen-bond donors (Lipinski definition) is 1. The second kappa shape index (κ2) is 7.61. The van der Waals surface area contributed by atoms with E-state index in [1.165, 1.54) is 25.7 Å². The molecule has 1 aliphatic rings. The summed E-state index contributed by atoms with van der Waals surface area (Å²) in [6.45, 7) is 2.19. The number of Topliss-reactive ketones (excluding diaryl/α,β-unsaturated/α-hetero) is 1. The molecule has 0 saturated heterocycles. The van der Waals surface area contributed by atoms with Gasteiger partial charge in [0, 0.05) is 12.0 Å². The van der Waals surface area contributed by atoms with Crippen LogP contribution in [0.15, 0.2) is 11.6 Å². The summed E-state index contributed by atoms with van der Waals surface area (Å²) in [5, 5.41) is 9.91. The third kappa shape index (κ3) is 4.48. The highest BCUT2D eigenvalue weighted by atomic mass is 16.3. The molecule has 92 valence electrons. The lowest BCUT2D eigenvalue weighted by molar-refractivity contribution is -0.117. The van der Waals surface area contributed by atoms with Crippen LogP contribution in [0.2, 0.25) is 0 Å². The first-order valence-corrected chi connectivity index (χ1v) is 6.67. The monoisotopic (exact) mass is 224 g/mol. The van der Waals surface area contributed by atoms with Crippen LogP contribution < -0.4 is 0 Å². The topological polar surface area (TPSA) is 37.3 Å². The normalized spacial score (nSPS) is 18.4. The molecule has 16 heavy (non-hydrogen) atoms. The lowest BCUT2D eigenvalue weighted by Gasteiger charge is -2.17. The lowest BCUT2D eigenvalue weighted by Crippen LogP contribution is -2.20. The minimum absolute atomic E-state index is 0.160. The molecule has 0 amide bonds. The van der Waals surface area contributed by atoms with E-state index < -0.39 is 6.10 Å². The van der Waals surface area contributed by atoms with Gasteiger partial charge in [-0.05, 0) is 19.3 Å². The molecule has 0 bridgehead atoms. The molecule has 1 aliphatic carbocycles. The third-order valence-corrected chi connectivity index (χ3v) is 3.23. The van der Waals surface area contributed by atoms with Crippen molar-refractivity contribution in [2.24, 2.45) is 0 Å². The van der Waals surface area contributed by atoms with E-state index in [1.807, 2.05) is 6.08 Å². The van der Waals surface area contributed by atoms with Gasteiger partial charge in [-0.15, -0.1) is 0 Å². The molecular formula is C14H24O2. The summed E-state index contributed by atoms with van der Waals surface area (Å²) < 4.78 is 0. The van der Waals surface area contributed by atoms with Crippen LogP contribution in [-0.2, 0) is 4.79 Å². The predicted molar refractivity (Wildman–Crippen MR) is 66.3 cm³/mol. The van der Waals surface area contributed by atoms with Crippen LogP contribution in [-0.4, -0.2) is 17.0 Å². The molecule has 0 spiro atoms. The molecule has 1 N–H and O–H groups in total. The van der Waals surface area contributed by atoms with Crippen molar-refractivity contribution in [2.75, 3.05) is 0 Å². The van der Waals surface area contributed by atoms with Gasteiger partial charge in [0.15, 0.2) is 5.78 Å². The van der Waals surface area contributed by atoms with Crippen LogP contribution in [0.1, 0.15) is 64.7 Å². The number of unbranched alkanes of at least 4 members (excludes halogenated alkanes) is 4. The first kappa shape index (κ1) is 13.4. The second-order valence-electron chi connectivity index (χ2n) is 4.69. The minimum Gasteiger partial charge on any atom is -0.388 e. The highest BCUT2D eigenvalue weighted by molar-refractivity contribution is 5.96. The Morgan fingerprint density at radius 2 is 2.06 bits per heavy atom. The number of aliphatic hydroxyl groups excluding tert-OH is 1. The van der Waals surface area contributed by atoms with Gasteiger partial charge in [0.1, 0.15) is 0 Å². The Kier molecular flexibility index (Phi) is 6.39. The SMILES string of the molecule is CCCCCCCC(O)C1=CCCCC1=O. The summed E-state index contributed by atoms with van der Waals surface area (Å²) in [7, 11) is 0. The first-order chi connectivity index (χ1) is 7.75. The molecule has 0 saturated carbocycles. The van der Waals surface area contributed by atoms with Gasteiger partial charge >= 0.3 is 0 Å². The average Bonchev–Trinajstić information content (AvgIpc) is 2.29. The van der Waals surface area contributed by atoms with Gasteiger partial charge in [-0.1, -0.05) is 45.1 Å². The van der Waals surface area contributed by atoms with E-state index in [-0.39, 0.29) is 5.78 Å². The van der Waals surface area contributed by atoms with E-state index in [1.54, 1.807) is 0 Å². The van der Waals surface area contributed by atoms with E-state index in [0.717, 1.165) is 25.7 Å². The second-order valence-corrected chi connectivity index (χ2v) is 4.69. The van der Waals surface area contributed by atoms with E-state index in [9.17, 15) is 9.90 Å². The Labute approximate surface area is 98.7 Å². The summed E-state index contributed by atoms with van der Waals surface area (Å²) >= 11 is 0. The largest absolute Gasteiger partial charge is 0.388 e. The van der Waals surface area contributed by atoms with Gasteiger partial charge in [0.2, 0.25) is 0 Å². The van der Waals surface area contributed by atoms with Crippen molar-refractivity contribution in [3.63, 3.8) is 0 Å². The number of ketones is 1. The fraction of sp³-hybridized carbons (Fsp3) is 0.786. The Hall–Kier alpha value is -0.630. The van der Waals surface area contributed by atoms with Crippen molar-refractivity contribution < 1.29 is 9.90 Å². The summed E-state index contributed by atoms with van der Waals surface area (Å²) in [6.07, 6.45) is 10.7. The molecule has 0 heterocycles. The zero-order chi connectivity index (χ0) is 11.8. The maximum Gasteiger partial charge on any atom is 0.161 e. The number of carbonyl (C=O) groups is 1. The van der Waals surface area contributed by atoms with Crippen LogP contribution >= 0.6 is 0 Å². The molecule has 0 aromatic rings. The lowest BCUT2D eigenvalue weighted by atomic mass is 9.91. The zero-order valence-electron chi connectivity index (χ0n) is 10.4. The smallest absolute Gasteiger partial charge is 0.161 e. The molecule has 2 nitrogen and oxygen atoms in total. The van der Waals surface area contributed by atoms with Crippen molar-refractivity contribution in [2.45, 2.75) is 70.8 Å². The molecule has 1 atom stereocenters. The molecule has 0 aromatic carbocycles. The van der Waals surface area contributed by atoms with Crippen LogP contribution in [0.5, 0.6) is 0 Å². The van der Waals surface area contributed by atoms with Crippen molar-refractivity contribution in [1.29, 1.82) is 0 Å². The molecule has 0 radical (unpaired) electrons. The highest BCUT2D eigenvalue weighted by Gasteiger charge is 2.20. The van der Waals surface area contributed by atoms with Gasteiger partial charge in [-0.3, -0.25) is 4.79 Å². The Balaban J connectivity index is 2.21. The quantitative estimate of drug-likeness (QED) is 0.673. The first-order valence-electron chi connectivity index (χ1n) is 6.67. The van der Waals surface area contributed by atoms with E-state index >= 15 is 0 Å². The summed E-state index contributed by atoms with van der Waals surface area (Å²) in [6, 6.07) is 0. The van der Waals surface area contributed by atoms with Crippen LogP contribution in [0.25, 0.3) is 0 Å². The zero-order valence-corrected chi connectivity index (χ0v) is 10.4. The molecule has 0 aromatic heterocycles. The van der Waals surface area contributed by atoms with Gasteiger partial charge in [-0.25, -0.2) is 0 Å². The summed E-state index contributed by atoms with van der Waals surface area (Å²) in [5.41, 5.74) is 0.682. The van der Waals surface area contributed by atoms with Crippen LogP contribution in [0, 0.1) is 0 Å². The number of aliphatic hydroxyl groups is 1. The number of allylic oxidation sites excluding steroid dienone is 1. The molecule has 0 aliphatic heterocycles. The Bertz CT molecular complexity index is 243. The third-order valence-electron chi connectivity index (χ3n) is 3.23. The predicted octanol–water partition coefficient (Wildman–Crippen LogP) is 3.39. The van der Waals surface area contributed by atoms with Gasteiger partial charge in [-0.2, -0.15) is 0 Å². The number of carbonyl (C=O) groups excluding carboxylic acids is 1. The molecular weight excluding hydrogens is 200 g/mol. The number of hydrogen-bond acceptors (Lipinski definition) is 2. The van der Waals surface area contributed by atoms with Crippen LogP contribution in [0.4, 0.5) is 0 Å². The summed E-state index contributed by atoms with van der Waals surface area (Å²) in [4.78, 5) is 11.5. The average molecular weight is 224 g/mol. The molecule has 2 heteroatoms. The van der Waals surface area contributed by atoms with Gasteiger partial charge in [0.25, 0.3) is 0 Å². The Morgan fingerprint density at radius 1 is 1.31 bits per heavy atom. The molecule has 0 fully saturated rings. The fourth-order valence-corrected chi connectivity index (χ4v) is 2.20. The highest BCUT2D eigenvalue weighted by Crippen LogP contribution is 2.20.